The van der Waals surface area contributed by atoms with Crippen LogP contribution in [0.4, 0.5) is 0 Å². The first-order valence-corrected chi connectivity index (χ1v) is 5.82. The third kappa shape index (κ3) is 1.71. The Hall–Kier alpha value is -1.70. The highest BCUT2D eigenvalue weighted by atomic mass is 14.8. The van der Waals surface area contributed by atoms with Crippen LogP contribution in [0, 0.1) is 0 Å². The van der Waals surface area contributed by atoms with Crippen molar-refractivity contribution in [3.8, 4) is 0 Å². The van der Waals surface area contributed by atoms with Crippen molar-refractivity contribution in [2.75, 3.05) is 0 Å². The lowest BCUT2D eigenvalue weighted by atomic mass is 9.93. The molecule has 0 saturated carbocycles. The van der Waals surface area contributed by atoms with Gasteiger partial charge in [0.25, 0.3) is 0 Å². The predicted octanol–water partition coefficient (Wildman–Crippen LogP) is 3.45. The van der Waals surface area contributed by atoms with Crippen molar-refractivity contribution in [1.82, 2.24) is 9.97 Å². The van der Waals surface area contributed by atoms with Crippen LogP contribution < -0.4 is 0 Å². The summed E-state index contributed by atoms with van der Waals surface area (Å²) in [6.07, 6.45) is 10.1. The largest absolute Gasteiger partial charge is 0.253 e. The van der Waals surface area contributed by atoms with Crippen molar-refractivity contribution < 1.29 is 0 Å². The number of para-hydroxylation sites is 2. The summed E-state index contributed by atoms with van der Waals surface area (Å²) >= 11 is 0. The van der Waals surface area contributed by atoms with Crippen molar-refractivity contribution in [2.24, 2.45) is 0 Å². The molecule has 3 rings (SSSR count). The molecule has 1 aliphatic carbocycles. The minimum atomic E-state index is 0.464. The molecule has 0 fully saturated rings. The van der Waals surface area contributed by atoms with Gasteiger partial charge in [0.1, 0.15) is 0 Å². The highest BCUT2D eigenvalue weighted by molar-refractivity contribution is 5.73. The Balaban J connectivity index is 2.04. The summed E-state index contributed by atoms with van der Waals surface area (Å²) in [4.78, 5) is 9.15. The summed E-state index contributed by atoms with van der Waals surface area (Å²) in [5, 5.41) is 0. The van der Waals surface area contributed by atoms with E-state index in [1.54, 1.807) is 0 Å². The molecule has 1 aromatic carbocycles. The standard InChI is InChI=1S/C14H14N2/c1-2-6-11(7-3-1)14-10-15-12-8-4-5-9-13(12)16-14/h2,4-6,8-11H,1,3,7H2. The van der Waals surface area contributed by atoms with E-state index >= 15 is 0 Å². The van der Waals surface area contributed by atoms with Gasteiger partial charge in [0, 0.05) is 12.1 Å². The number of allylic oxidation sites excluding steroid dienone is 2. The number of aromatic nitrogens is 2. The summed E-state index contributed by atoms with van der Waals surface area (Å²) in [7, 11) is 0. The molecule has 0 aliphatic heterocycles. The minimum Gasteiger partial charge on any atom is -0.253 e. The normalized spacial score (nSPS) is 20.1. The maximum absolute atomic E-state index is 4.69. The number of hydrogen-bond acceptors (Lipinski definition) is 2. The summed E-state index contributed by atoms with van der Waals surface area (Å²) < 4.78 is 0. The molecule has 2 nitrogen and oxygen atoms in total. The van der Waals surface area contributed by atoms with Crippen molar-refractivity contribution in [1.29, 1.82) is 0 Å². The topological polar surface area (TPSA) is 25.8 Å². The molecule has 1 aromatic heterocycles. The van der Waals surface area contributed by atoms with Gasteiger partial charge in [-0.25, -0.2) is 4.98 Å². The molecule has 0 spiro atoms. The van der Waals surface area contributed by atoms with Gasteiger partial charge >= 0.3 is 0 Å². The SMILES string of the molecule is C1=CC(c2cnc3ccccc3n2)CCC1. The van der Waals surface area contributed by atoms with Crippen LogP contribution in [0.15, 0.2) is 42.6 Å². The van der Waals surface area contributed by atoms with E-state index in [4.69, 9.17) is 0 Å². The van der Waals surface area contributed by atoms with Gasteiger partial charge in [0.2, 0.25) is 0 Å². The van der Waals surface area contributed by atoms with E-state index in [1.807, 2.05) is 30.5 Å². The minimum absolute atomic E-state index is 0.464. The van der Waals surface area contributed by atoms with Crippen LogP contribution in [0.3, 0.4) is 0 Å². The van der Waals surface area contributed by atoms with Crippen molar-refractivity contribution in [3.05, 3.63) is 48.3 Å². The summed E-state index contributed by atoms with van der Waals surface area (Å²) in [6, 6.07) is 8.04. The molecule has 0 radical (unpaired) electrons. The van der Waals surface area contributed by atoms with Crippen molar-refractivity contribution >= 4 is 11.0 Å². The van der Waals surface area contributed by atoms with Gasteiger partial charge in [0.05, 0.1) is 16.7 Å². The van der Waals surface area contributed by atoms with E-state index in [9.17, 15) is 0 Å². The summed E-state index contributed by atoms with van der Waals surface area (Å²) in [5.41, 5.74) is 3.08. The molecule has 0 amide bonds. The molecule has 1 heterocycles. The number of fused-ring (bicyclic) bond motifs is 1. The highest BCUT2D eigenvalue weighted by Gasteiger charge is 2.12. The first-order valence-electron chi connectivity index (χ1n) is 5.82. The van der Waals surface area contributed by atoms with Crippen LogP contribution in [-0.4, -0.2) is 9.97 Å². The van der Waals surface area contributed by atoms with Crippen LogP contribution in [0.2, 0.25) is 0 Å². The van der Waals surface area contributed by atoms with Crippen LogP contribution >= 0.6 is 0 Å². The molecular formula is C14H14N2. The van der Waals surface area contributed by atoms with Crippen LogP contribution in [0.25, 0.3) is 11.0 Å². The maximum atomic E-state index is 4.69. The predicted molar refractivity (Wildman–Crippen MR) is 65.3 cm³/mol. The summed E-state index contributed by atoms with van der Waals surface area (Å²) in [5.74, 6) is 0.464. The molecule has 0 bridgehead atoms. The zero-order valence-corrected chi connectivity index (χ0v) is 9.13. The fourth-order valence-electron chi connectivity index (χ4n) is 2.21. The van der Waals surface area contributed by atoms with E-state index in [0.717, 1.165) is 16.7 Å². The second-order valence-electron chi connectivity index (χ2n) is 4.25. The molecule has 1 aliphatic rings. The Labute approximate surface area is 95.0 Å². The Morgan fingerprint density at radius 1 is 1.12 bits per heavy atom. The van der Waals surface area contributed by atoms with Crippen molar-refractivity contribution in [2.45, 2.75) is 25.2 Å². The van der Waals surface area contributed by atoms with E-state index in [1.165, 1.54) is 19.3 Å². The average molecular weight is 210 g/mol. The molecule has 80 valence electrons. The number of hydrogen-bond donors (Lipinski definition) is 0. The smallest absolute Gasteiger partial charge is 0.0890 e. The quantitative estimate of drug-likeness (QED) is 0.674. The zero-order chi connectivity index (χ0) is 10.8. The Morgan fingerprint density at radius 3 is 2.81 bits per heavy atom. The average Bonchev–Trinajstić information content (AvgIpc) is 2.39. The van der Waals surface area contributed by atoms with Gasteiger partial charge < -0.3 is 0 Å². The first-order chi connectivity index (χ1) is 7.93. The van der Waals surface area contributed by atoms with Crippen molar-refractivity contribution in [3.63, 3.8) is 0 Å². The molecule has 2 aromatic rings. The van der Waals surface area contributed by atoms with Crippen LogP contribution in [-0.2, 0) is 0 Å². The van der Waals surface area contributed by atoms with Gasteiger partial charge in [0.15, 0.2) is 0 Å². The molecule has 2 heteroatoms. The second-order valence-corrected chi connectivity index (χ2v) is 4.25. The molecule has 1 atom stereocenters. The third-order valence-corrected chi connectivity index (χ3v) is 3.10. The lowest BCUT2D eigenvalue weighted by Crippen LogP contribution is -2.02. The Kier molecular flexibility index (Phi) is 2.41. The van der Waals surface area contributed by atoms with Gasteiger partial charge in [-0.3, -0.25) is 4.98 Å². The van der Waals surface area contributed by atoms with Gasteiger partial charge in [-0.2, -0.15) is 0 Å². The maximum Gasteiger partial charge on any atom is 0.0890 e. The van der Waals surface area contributed by atoms with Crippen LogP contribution in [0.5, 0.6) is 0 Å². The number of benzene rings is 1. The molecule has 16 heavy (non-hydrogen) atoms. The lowest BCUT2D eigenvalue weighted by Gasteiger charge is -2.15. The fourth-order valence-corrected chi connectivity index (χ4v) is 2.21. The Bertz CT molecular complexity index is 531. The monoisotopic (exact) mass is 210 g/mol. The fraction of sp³-hybridized carbons (Fsp3) is 0.286. The van der Waals surface area contributed by atoms with E-state index in [2.05, 4.69) is 22.1 Å². The summed E-state index contributed by atoms with van der Waals surface area (Å²) in [6.45, 7) is 0. The first kappa shape index (κ1) is 9.52. The lowest BCUT2D eigenvalue weighted by molar-refractivity contribution is 0.641. The van der Waals surface area contributed by atoms with Crippen LogP contribution in [0.1, 0.15) is 30.9 Å². The van der Waals surface area contributed by atoms with Gasteiger partial charge in [-0.15, -0.1) is 0 Å². The second kappa shape index (κ2) is 4.05. The molecule has 1 unspecified atom stereocenters. The van der Waals surface area contributed by atoms with Gasteiger partial charge in [-0.1, -0.05) is 24.3 Å². The van der Waals surface area contributed by atoms with Gasteiger partial charge in [-0.05, 0) is 31.4 Å². The molecule has 0 N–H and O–H groups in total. The number of rotatable bonds is 1. The number of nitrogens with zero attached hydrogens (tertiary/aromatic N) is 2. The third-order valence-electron chi connectivity index (χ3n) is 3.10. The van der Waals surface area contributed by atoms with E-state index in [0.29, 0.717) is 5.92 Å². The zero-order valence-electron chi connectivity index (χ0n) is 9.13. The molecule has 0 saturated heterocycles. The Morgan fingerprint density at radius 2 is 2.00 bits per heavy atom. The highest BCUT2D eigenvalue weighted by Crippen LogP contribution is 2.26. The van der Waals surface area contributed by atoms with E-state index in [-0.39, 0.29) is 0 Å². The molecular weight excluding hydrogens is 196 g/mol. The van der Waals surface area contributed by atoms with E-state index < -0.39 is 0 Å².